The molecule has 0 atom stereocenters. The first-order valence-electron chi connectivity index (χ1n) is 8.06. The average Bonchev–Trinajstić information content (AvgIpc) is 2.70. The molecule has 0 bridgehead atoms. The predicted octanol–water partition coefficient (Wildman–Crippen LogP) is 1.47. The predicted molar refractivity (Wildman–Crippen MR) is 97.8 cm³/mol. The molecule has 0 fully saturated rings. The van der Waals surface area contributed by atoms with Gasteiger partial charge in [-0.3, -0.25) is 4.79 Å². The monoisotopic (exact) mass is 403 g/mol. The molecule has 0 aliphatic heterocycles. The van der Waals surface area contributed by atoms with Crippen molar-refractivity contribution in [2.45, 2.75) is 0 Å². The molecule has 10 heteroatoms. The number of ether oxygens (including phenoxy) is 3. The van der Waals surface area contributed by atoms with Crippen LogP contribution in [0.25, 0.3) is 0 Å². The highest BCUT2D eigenvalue weighted by atomic mass is 16.5. The maximum absolute atomic E-state index is 12.1. The number of phenols is 2. The maximum atomic E-state index is 12.1. The van der Waals surface area contributed by atoms with Gasteiger partial charge in [0.1, 0.15) is 17.1 Å². The second-order valence-electron chi connectivity index (χ2n) is 5.57. The SMILES string of the molecule is COC(=O)c1ccc(C(=O)OC)c(NC(=O)COC(=O)c2ccc(O)cc2O)c1. The summed E-state index contributed by atoms with van der Waals surface area (Å²) in [5.74, 6) is -4.04. The minimum Gasteiger partial charge on any atom is -0.508 e. The van der Waals surface area contributed by atoms with Gasteiger partial charge < -0.3 is 29.7 Å². The Balaban J connectivity index is 2.13. The topological polar surface area (TPSA) is 148 Å². The molecule has 10 nitrogen and oxygen atoms in total. The Morgan fingerprint density at radius 1 is 0.862 bits per heavy atom. The number of rotatable bonds is 6. The zero-order chi connectivity index (χ0) is 21.6. The largest absolute Gasteiger partial charge is 0.508 e. The molecule has 3 N–H and O–H groups in total. The summed E-state index contributed by atoms with van der Waals surface area (Å²) in [5.41, 5.74) is -0.260. The molecule has 0 spiro atoms. The third-order valence-electron chi connectivity index (χ3n) is 3.66. The van der Waals surface area contributed by atoms with Crippen LogP contribution in [0.4, 0.5) is 5.69 Å². The Morgan fingerprint density at radius 2 is 1.52 bits per heavy atom. The van der Waals surface area contributed by atoms with E-state index in [4.69, 9.17) is 4.74 Å². The van der Waals surface area contributed by atoms with E-state index in [0.29, 0.717) is 0 Å². The van der Waals surface area contributed by atoms with Crippen LogP contribution in [0.15, 0.2) is 36.4 Å². The highest BCUT2D eigenvalue weighted by Gasteiger charge is 2.19. The third-order valence-corrected chi connectivity index (χ3v) is 3.66. The lowest BCUT2D eigenvalue weighted by atomic mass is 10.1. The lowest BCUT2D eigenvalue weighted by molar-refractivity contribution is -0.119. The quantitative estimate of drug-likeness (QED) is 0.481. The van der Waals surface area contributed by atoms with Crippen LogP contribution < -0.4 is 5.32 Å². The molecule has 0 heterocycles. The molecule has 0 aliphatic rings. The van der Waals surface area contributed by atoms with Gasteiger partial charge in [0.15, 0.2) is 6.61 Å². The van der Waals surface area contributed by atoms with Crippen molar-refractivity contribution in [1.29, 1.82) is 0 Å². The smallest absolute Gasteiger partial charge is 0.342 e. The van der Waals surface area contributed by atoms with E-state index in [1.807, 2.05) is 0 Å². The highest BCUT2D eigenvalue weighted by molar-refractivity contribution is 6.04. The van der Waals surface area contributed by atoms with Crippen LogP contribution in [0.5, 0.6) is 11.5 Å². The Bertz CT molecular complexity index is 968. The summed E-state index contributed by atoms with van der Waals surface area (Å²) < 4.78 is 14.0. The fraction of sp³-hybridized carbons (Fsp3) is 0.158. The van der Waals surface area contributed by atoms with E-state index < -0.39 is 36.2 Å². The average molecular weight is 403 g/mol. The highest BCUT2D eigenvalue weighted by Crippen LogP contribution is 2.23. The molecular formula is C19H17NO9. The molecule has 0 unspecified atom stereocenters. The Morgan fingerprint density at radius 3 is 2.14 bits per heavy atom. The Hall–Kier alpha value is -4.08. The van der Waals surface area contributed by atoms with Crippen molar-refractivity contribution >= 4 is 29.5 Å². The fourth-order valence-corrected chi connectivity index (χ4v) is 2.27. The summed E-state index contributed by atoms with van der Waals surface area (Å²) in [6, 6.07) is 7.04. The van der Waals surface area contributed by atoms with Crippen LogP contribution in [0.3, 0.4) is 0 Å². The number of nitrogens with one attached hydrogen (secondary N) is 1. The number of phenolic OH excluding ortho intramolecular Hbond substituents is 2. The van der Waals surface area contributed by atoms with Crippen LogP contribution in [0.1, 0.15) is 31.1 Å². The van der Waals surface area contributed by atoms with Crippen LogP contribution in [0, 0.1) is 0 Å². The summed E-state index contributed by atoms with van der Waals surface area (Å²) in [6.45, 7) is -0.748. The molecule has 2 rings (SSSR count). The first kappa shape index (κ1) is 21.2. The van der Waals surface area contributed by atoms with Gasteiger partial charge in [0, 0.05) is 6.07 Å². The van der Waals surface area contributed by atoms with E-state index in [0.717, 1.165) is 25.3 Å². The molecule has 2 aromatic rings. The van der Waals surface area contributed by atoms with Crippen molar-refractivity contribution in [3.8, 4) is 11.5 Å². The summed E-state index contributed by atoms with van der Waals surface area (Å²) in [4.78, 5) is 47.6. The number of benzene rings is 2. The van der Waals surface area contributed by atoms with Crippen LogP contribution >= 0.6 is 0 Å². The summed E-state index contributed by atoms with van der Waals surface area (Å²) in [7, 11) is 2.32. The molecule has 0 aliphatic carbocycles. The van der Waals surface area contributed by atoms with Gasteiger partial charge in [0.25, 0.3) is 5.91 Å². The van der Waals surface area contributed by atoms with Crippen molar-refractivity contribution in [3.63, 3.8) is 0 Å². The molecular weight excluding hydrogens is 386 g/mol. The molecule has 0 saturated carbocycles. The van der Waals surface area contributed by atoms with Crippen molar-refractivity contribution in [1.82, 2.24) is 0 Å². The van der Waals surface area contributed by atoms with E-state index in [-0.39, 0.29) is 28.1 Å². The van der Waals surface area contributed by atoms with Gasteiger partial charge in [-0.25, -0.2) is 14.4 Å². The van der Waals surface area contributed by atoms with Gasteiger partial charge in [-0.1, -0.05) is 0 Å². The van der Waals surface area contributed by atoms with Crippen molar-refractivity contribution < 1.29 is 43.6 Å². The zero-order valence-electron chi connectivity index (χ0n) is 15.4. The number of aromatic hydroxyl groups is 2. The summed E-state index contributed by atoms with van der Waals surface area (Å²) >= 11 is 0. The molecule has 29 heavy (non-hydrogen) atoms. The Kier molecular flexibility index (Phi) is 6.75. The van der Waals surface area contributed by atoms with Crippen molar-refractivity contribution in [2.75, 3.05) is 26.1 Å². The minimum absolute atomic E-state index is 0.0315. The molecule has 2 aromatic carbocycles. The maximum Gasteiger partial charge on any atom is 0.342 e. The van der Waals surface area contributed by atoms with Crippen molar-refractivity contribution in [3.05, 3.63) is 53.1 Å². The minimum atomic E-state index is -1.01. The number of amides is 1. The standard InChI is InChI=1S/C19H17NO9/c1-27-17(24)10-3-5-12(18(25)28-2)14(7-10)20-16(23)9-29-19(26)13-6-4-11(21)8-15(13)22/h3-8,21-22H,9H2,1-2H3,(H,20,23). The fourth-order valence-electron chi connectivity index (χ4n) is 2.27. The normalized spacial score (nSPS) is 10.0. The molecule has 1 amide bonds. The number of esters is 3. The number of carbonyl (C=O) groups is 4. The van der Waals surface area contributed by atoms with E-state index in [2.05, 4.69) is 14.8 Å². The van der Waals surface area contributed by atoms with Gasteiger partial charge in [-0.15, -0.1) is 0 Å². The number of methoxy groups -OCH3 is 2. The number of hydrogen-bond acceptors (Lipinski definition) is 9. The van der Waals surface area contributed by atoms with Gasteiger partial charge in [0.2, 0.25) is 0 Å². The lowest BCUT2D eigenvalue weighted by Crippen LogP contribution is -2.22. The van der Waals surface area contributed by atoms with Gasteiger partial charge in [-0.2, -0.15) is 0 Å². The van der Waals surface area contributed by atoms with Crippen LogP contribution in [0.2, 0.25) is 0 Å². The van der Waals surface area contributed by atoms with E-state index in [1.54, 1.807) is 0 Å². The van der Waals surface area contributed by atoms with Crippen molar-refractivity contribution in [2.24, 2.45) is 0 Å². The first-order valence-corrected chi connectivity index (χ1v) is 8.06. The number of carbonyl (C=O) groups excluding carboxylic acids is 4. The molecule has 152 valence electrons. The van der Waals surface area contributed by atoms with Gasteiger partial charge in [-0.05, 0) is 30.3 Å². The zero-order valence-corrected chi connectivity index (χ0v) is 15.4. The van der Waals surface area contributed by atoms with E-state index >= 15 is 0 Å². The Labute approximate surface area is 164 Å². The lowest BCUT2D eigenvalue weighted by Gasteiger charge is -2.12. The molecule has 0 aromatic heterocycles. The van der Waals surface area contributed by atoms with Crippen LogP contribution in [-0.2, 0) is 19.0 Å². The summed E-state index contributed by atoms with van der Waals surface area (Å²) in [5, 5.41) is 21.2. The first-order chi connectivity index (χ1) is 13.8. The number of hydrogen-bond donors (Lipinski definition) is 3. The third kappa shape index (κ3) is 5.22. The summed E-state index contributed by atoms with van der Waals surface area (Å²) in [6.07, 6.45) is 0. The van der Waals surface area contributed by atoms with Crippen LogP contribution in [-0.4, -0.2) is 54.9 Å². The van der Waals surface area contributed by atoms with Gasteiger partial charge in [0.05, 0.1) is 31.0 Å². The van der Waals surface area contributed by atoms with E-state index in [9.17, 15) is 29.4 Å². The molecule has 0 radical (unpaired) electrons. The second kappa shape index (κ2) is 9.22. The van der Waals surface area contributed by atoms with E-state index in [1.165, 1.54) is 25.3 Å². The molecule has 0 saturated heterocycles. The second-order valence-corrected chi connectivity index (χ2v) is 5.57. The number of anilines is 1. The van der Waals surface area contributed by atoms with Gasteiger partial charge >= 0.3 is 17.9 Å².